The zero-order valence-electron chi connectivity index (χ0n) is 13.8. The second kappa shape index (κ2) is 7.85. The lowest BCUT2D eigenvalue weighted by Crippen LogP contribution is -2.28. The molecule has 8 heteroatoms. The molecular formula is C18H18BrFN2O3S. The fraction of sp³-hybridized carbons (Fsp3) is 0.278. The molecule has 26 heavy (non-hydrogen) atoms. The van der Waals surface area contributed by atoms with Crippen LogP contribution in [-0.4, -0.2) is 26.9 Å². The van der Waals surface area contributed by atoms with Crippen LogP contribution in [0.4, 0.5) is 4.39 Å². The van der Waals surface area contributed by atoms with Gasteiger partial charge in [0.25, 0.3) is 5.91 Å². The predicted octanol–water partition coefficient (Wildman–Crippen LogP) is 3.00. The Balaban J connectivity index is 1.68. The van der Waals surface area contributed by atoms with Crippen molar-refractivity contribution in [2.45, 2.75) is 30.2 Å². The van der Waals surface area contributed by atoms with Crippen LogP contribution in [0.25, 0.3) is 0 Å². The van der Waals surface area contributed by atoms with E-state index in [0.717, 1.165) is 12.8 Å². The van der Waals surface area contributed by atoms with Gasteiger partial charge in [-0.3, -0.25) is 4.79 Å². The van der Waals surface area contributed by atoms with E-state index in [4.69, 9.17) is 0 Å². The Morgan fingerprint density at radius 3 is 2.62 bits per heavy atom. The largest absolute Gasteiger partial charge is 0.352 e. The van der Waals surface area contributed by atoms with E-state index in [1.807, 2.05) is 0 Å². The Morgan fingerprint density at radius 1 is 1.19 bits per heavy atom. The molecule has 1 aliphatic carbocycles. The zero-order chi connectivity index (χ0) is 18.7. The van der Waals surface area contributed by atoms with Crippen LogP contribution in [-0.2, 0) is 16.4 Å². The summed E-state index contributed by atoms with van der Waals surface area (Å²) in [6.45, 7) is 0.240. The van der Waals surface area contributed by atoms with Gasteiger partial charge in [0, 0.05) is 17.1 Å². The maximum Gasteiger partial charge on any atom is 0.252 e. The molecule has 0 aliphatic heterocycles. The lowest BCUT2D eigenvalue weighted by molar-refractivity contribution is 0.0953. The number of amides is 1. The highest BCUT2D eigenvalue weighted by Crippen LogP contribution is 2.25. The van der Waals surface area contributed by atoms with Gasteiger partial charge in [0.05, 0.1) is 10.5 Å². The van der Waals surface area contributed by atoms with Crippen molar-refractivity contribution in [3.05, 3.63) is 63.9 Å². The molecule has 0 bridgehead atoms. The van der Waals surface area contributed by atoms with E-state index in [9.17, 15) is 17.6 Å². The van der Waals surface area contributed by atoms with Gasteiger partial charge < -0.3 is 5.32 Å². The van der Waals surface area contributed by atoms with Gasteiger partial charge in [0.15, 0.2) is 0 Å². The molecular weight excluding hydrogens is 423 g/mol. The maximum absolute atomic E-state index is 13.6. The van der Waals surface area contributed by atoms with E-state index in [1.54, 1.807) is 18.2 Å². The molecule has 2 N–H and O–H groups in total. The van der Waals surface area contributed by atoms with E-state index in [-0.39, 0.29) is 28.9 Å². The molecule has 1 aliphatic rings. The van der Waals surface area contributed by atoms with Crippen molar-refractivity contribution in [1.82, 2.24) is 10.0 Å². The average molecular weight is 441 g/mol. The van der Waals surface area contributed by atoms with Gasteiger partial charge in [0.2, 0.25) is 10.0 Å². The minimum absolute atomic E-state index is 0.0123. The summed E-state index contributed by atoms with van der Waals surface area (Å²) < 4.78 is 41.3. The summed E-state index contributed by atoms with van der Waals surface area (Å²) >= 11 is 3.27. The molecule has 0 unspecified atom stereocenters. The quantitative estimate of drug-likeness (QED) is 0.694. The van der Waals surface area contributed by atoms with Crippen LogP contribution in [0.15, 0.2) is 51.8 Å². The summed E-state index contributed by atoms with van der Waals surface area (Å²) in [6, 6.07) is 10.7. The van der Waals surface area contributed by atoms with Gasteiger partial charge in [-0.05, 0) is 65.0 Å². The molecule has 1 fully saturated rings. The monoisotopic (exact) mass is 440 g/mol. The van der Waals surface area contributed by atoms with Gasteiger partial charge in [-0.25, -0.2) is 17.5 Å². The fourth-order valence-corrected chi connectivity index (χ4v) is 4.20. The number of carbonyl (C=O) groups is 1. The van der Waals surface area contributed by atoms with Gasteiger partial charge >= 0.3 is 0 Å². The molecule has 0 saturated heterocycles. The van der Waals surface area contributed by atoms with Crippen LogP contribution in [0.5, 0.6) is 0 Å². The van der Waals surface area contributed by atoms with E-state index in [0.29, 0.717) is 16.5 Å². The van der Waals surface area contributed by atoms with E-state index in [1.165, 1.54) is 24.3 Å². The van der Waals surface area contributed by atoms with E-state index < -0.39 is 15.9 Å². The van der Waals surface area contributed by atoms with Crippen LogP contribution in [0.3, 0.4) is 0 Å². The average Bonchev–Trinajstić information content (AvgIpc) is 3.40. The van der Waals surface area contributed by atoms with Crippen LogP contribution >= 0.6 is 15.9 Å². The summed E-state index contributed by atoms with van der Waals surface area (Å²) in [5.41, 5.74) is 0.731. The molecule has 5 nitrogen and oxygen atoms in total. The van der Waals surface area contributed by atoms with Gasteiger partial charge in [-0.15, -0.1) is 0 Å². The maximum atomic E-state index is 13.6. The second-order valence-corrected chi connectivity index (χ2v) is 8.70. The number of halogens is 2. The van der Waals surface area contributed by atoms with Crippen LogP contribution in [0.2, 0.25) is 0 Å². The number of benzene rings is 2. The predicted molar refractivity (Wildman–Crippen MR) is 99.9 cm³/mol. The molecule has 138 valence electrons. The topological polar surface area (TPSA) is 75.3 Å². The second-order valence-electron chi connectivity index (χ2n) is 6.13. The normalized spacial score (nSPS) is 14.2. The Morgan fingerprint density at radius 2 is 1.92 bits per heavy atom. The Hall–Kier alpha value is -1.77. The molecule has 0 aromatic heterocycles. The summed E-state index contributed by atoms with van der Waals surface area (Å²) in [7, 11) is -3.64. The van der Waals surface area contributed by atoms with Crippen molar-refractivity contribution < 1.29 is 17.6 Å². The molecule has 0 atom stereocenters. The SMILES string of the molecule is O=C(NCCc1ccccc1F)c1cc(S(=O)(=O)NC2CC2)ccc1Br. The fourth-order valence-electron chi connectivity index (χ4n) is 2.44. The van der Waals surface area contributed by atoms with Crippen molar-refractivity contribution in [3.8, 4) is 0 Å². The minimum Gasteiger partial charge on any atom is -0.352 e. The van der Waals surface area contributed by atoms with Gasteiger partial charge in [-0.2, -0.15) is 0 Å². The van der Waals surface area contributed by atoms with Crippen molar-refractivity contribution >= 4 is 31.9 Å². The van der Waals surface area contributed by atoms with Crippen molar-refractivity contribution in [2.24, 2.45) is 0 Å². The number of rotatable bonds is 7. The standard InChI is InChI=1S/C18H18BrFN2O3S/c19-16-8-7-14(26(24,25)22-13-5-6-13)11-15(16)18(23)21-10-9-12-3-1-2-4-17(12)20/h1-4,7-8,11,13,22H,5-6,9-10H2,(H,21,23). The Kier molecular flexibility index (Phi) is 5.74. The van der Waals surface area contributed by atoms with Crippen LogP contribution in [0.1, 0.15) is 28.8 Å². The molecule has 2 aromatic rings. The van der Waals surface area contributed by atoms with Crippen LogP contribution in [0, 0.1) is 5.82 Å². The first-order chi connectivity index (χ1) is 12.4. The number of carbonyl (C=O) groups excluding carboxylic acids is 1. The summed E-state index contributed by atoms with van der Waals surface area (Å²) in [5, 5.41) is 2.70. The van der Waals surface area contributed by atoms with E-state index >= 15 is 0 Å². The highest BCUT2D eigenvalue weighted by atomic mass is 79.9. The Labute approximate surface area is 160 Å². The minimum atomic E-state index is -3.64. The Bertz CT molecular complexity index is 930. The summed E-state index contributed by atoms with van der Waals surface area (Å²) in [4.78, 5) is 12.5. The van der Waals surface area contributed by atoms with E-state index in [2.05, 4.69) is 26.0 Å². The third-order valence-electron chi connectivity index (χ3n) is 4.03. The molecule has 0 radical (unpaired) electrons. The van der Waals surface area contributed by atoms with Crippen molar-refractivity contribution in [2.75, 3.05) is 6.54 Å². The number of nitrogens with one attached hydrogen (secondary N) is 2. The van der Waals surface area contributed by atoms with Gasteiger partial charge in [0.1, 0.15) is 5.82 Å². The number of hydrogen-bond acceptors (Lipinski definition) is 3. The molecule has 3 rings (SSSR count). The molecule has 1 saturated carbocycles. The van der Waals surface area contributed by atoms with Gasteiger partial charge in [-0.1, -0.05) is 18.2 Å². The summed E-state index contributed by atoms with van der Waals surface area (Å²) in [6.07, 6.45) is 2.01. The van der Waals surface area contributed by atoms with Crippen LogP contribution < -0.4 is 10.0 Å². The molecule has 2 aromatic carbocycles. The smallest absolute Gasteiger partial charge is 0.252 e. The third kappa shape index (κ3) is 4.69. The van der Waals surface area contributed by atoms with Crippen molar-refractivity contribution in [1.29, 1.82) is 0 Å². The first kappa shape index (κ1) is 19.0. The highest BCUT2D eigenvalue weighted by Gasteiger charge is 2.28. The number of sulfonamides is 1. The van der Waals surface area contributed by atoms with Crippen molar-refractivity contribution in [3.63, 3.8) is 0 Å². The first-order valence-corrected chi connectivity index (χ1v) is 10.5. The lowest BCUT2D eigenvalue weighted by atomic mass is 10.1. The lowest BCUT2D eigenvalue weighted by Gasteiger charge is -2.10. The first-order valence-electron chi connectivity index (χ1n) is 8.20. The molecule has 0 heterocycles. The third-order valence-corrected chi connectivity index (χ3v) is 6.24. The highest BCUT2D eigenvalue weighted by molar-refractivity contribution is 9.10. The number of hydrogen-bond donors (Lipinski definition) is 2. The summed E-state index contributed by atoms with van der Waals surface area (Å²) in [5.74, 6) is -0.737. The zero-order valence-corrected chi connectivity index (χ0v) is 16.2. The molecule has 1 amide bonds. The molecule has 0 spiro atoms.